The van der Waals surface area contributed by atoms with Gasteiger partial charge in [-0.15, -0.1) is 0 Å². The van der Waals surface area contributed by atoms with Crippen LogP contribution in [-0.2, 0) is 11.9 Å². The summed E-state index contributed by atoms with van der Waals surface area (Å²) in [5.41, 5.74) is -0.0839. The third-order valence-electron chi connectivity index (χ3n) is 8.50. The van der Waals surface area contributed by atoms with Crippen LogP contribution in [0.4, 0.5) is 19.3 Å². The molecule has 15 heteroatoms. The van der Waals surface area contributed by atoms with Crippen molar-refractivity contribution in [3.8, 4) is 5.75 Å². The highest BCUT2D eigenvalue weighted by Crippen LogP contribution is 2.45. The molecule has 6 rings (SSSR count). The van der Waals surface area contributed by atoms with E-state index < -0.39 is 28.6 Å². The van der Waals surface area contributed by atoms with Crippen molar-refractivity contribution in [1.29, 1.82) is 0 Å². The zero-order chi connectivity index (χ0) is 33.8. The average molecular weight is 727 g/mol. The van der Waals surface area contributed by atoms with Crippen LogP contribution in [0.5, 0.6) is 5.75 Å². The minimum atomic E-state index is -3.91. The molecule has 1 aromatic heterocycles. The first-order chi connectivity index (χ1) is 22.3. The first kappa shape index (κ1) is 33.9. The van der Waals surface area contributed by atoms with E-state index in [1.807, 2.05) is 36.0 Å². The third-order valence-corrected chi connectivity index (χ3v) is 10.7. The molecule has 0 radical (unpaired) electrons. The summed E-state index contributed by atoms with van der Waals surface area (Å²) in [4.78, 5) is 50.9. The Balaban J connectivity index is 1.42. The van der Waals surface area contributed by atoms with Crippen molar-refractivity contribution in [3.63, 3.8) is 0 Å². The Bertz CT molecular complexity index is 1780. The number of rotatable bonds is 9. The molecule has 9 nitrogen and oxygen atoms in total. The largest absolute Gasteiger partial charge is 0.495 e. The van der Waals surface area contributed by atoms with Gasteiger partial charge in [-0.1, -0.05) is 41.0 Å². The number of alkyl halides is 3. The van der Waals surface area contributed by atoms with Crippen molar-refractivity contribution in [3.05, 3.63) is 79.2 Å². The van der Waals surface area contributed by atoms with Crippen LogP contribution in [0.3, 0.4) is 0 Å². The summed E-state index contributed by atoms with van der Waals surface area (Å²) in [6, 6.07) is 9.09. The molecule has 250 valence electrons. The summed E-state index contributed by atoms with van der Waals surface area (Å²) in [7, 11) is 5.25. The number of benzene rings is 2. The first-order valence-electron chi connectivity index (χ1n) is 15.0. The number of amides is 3. The molecule has 1 saturated carbocycles. The van der Waals surface area contributed by atoms with Gasteiger partial charge >= 0.3 is 11.4 Å². The number of anilines is 1. The summed E-state index contributed by atoms with van der Waals surface area (Å²) < 4.78 is 34.4. The second kappa shape index (κ2) is 13.1. The number of nitrogens with zero attached hydrogens (tertiary/aromatic N) is 4. The highest BCUT2D eigenvalue weighted by molar-refractivity contribution is 7.99. The standard InChI is InChI=1S/C32H32Cl3F2N5O4S/c1-39(2)16-23-19-13-24(46-3)22(41-11-5-10-40(31(41)45)18-8-9-18)12-17(19)15-42(23)30(44)27-25(14-26(32(35,36)37)38-29(27)43)47-28-20(33)6-4-7-21(28)34/h4,6-7,12-14,18,23H,5,8-11,15-16H2,1-3H3,(H,38,43). The average Bonchev–Trinajstić information content (AvgIpc) is 3.79. The van der Waals surface area contributed by atoms with Gasteiger partial charge in [0.2, 0.25) is 0 Å². The van der Waals surface area contributed by atoms with E-state index in [1.165, 1.54) is 12.0 Å². The number of hydrogen-bond donors (Lipinski definition) is 1. The van der Waals surface area contributed by atoms with E-state index in [2.05, 4.69) is 4.98 Å². The number of H-pyrrole nitrogens is 1. The molecular formula is C32H32Cl3F2N5O4S. The molecule has 1 aliphatic carbocycles. The smallest absolute Gasteiger partial charge is 0.362 e. The number of aromatic nitrogens is 1. The van der Waals surface area contributed by atoms with Crippen molar-refractivity contribution in [2.45, 2.75) is 53.1 Å². The highest BCUT2D eigenvalue weighted by Gasteiger charge is 2.41. The van der Waals surface area contributed by atoms with Gasteiger partial charge in [0.1, 0.15) is 17.0 Å². The Morgan fingerprint density at radius 1 is 1.13 bits per heavy atom. The fourth-order valence-electron chi connectivity index (χ4n) is 6.17. The van der Waals surface area contributed by atoms with Crippen molar-refractivity contribution in [2.24, 2.45) is 0 Å². The topological polar surface area (TPSA) is 89.2 Å². The zero-order valence-corrected chi connectivity index (χ0v) is 28.9. The molecule has 3 aliphatic rings. The first-order valence-corrected chi connectivity index (χ1v) is 16.9. The van der Waals surface area contributed by atoms with Gasteiger partial charge in [0.05, 0.1) is 28.9 Å². The quantitative estimate of drug-likeness (QED) is 0.235. The Kier molecular flexibility index (Phi) is 9.45. The van der Waals surface area contributed by atoms with Gasteiger partial charge in [-0.3, -0.25) is 14.5 Å². The minimum Gasteiger partial charge on any atom is -0.495 e. The van der Waals surface area contributed by atoms with Gasteiger partial charge in [-0.2, -0.15) is 8.78 Å². The lowest BCUT2D eigenvalue weighted by Gasteiger charge is -2.36. The number of likely N-dealkylation sites (N-methyl/N-ethyl adjacent to an activating group) is 1. The molecule has 2 aliphatic heterocycles. The molecule has 1 unspecified atom stereocenters. The fraction of sp³-hybridized carbons (Fsp3) is 0.406. The molecule has 3 heterocycles. The van der Waals surface area contributed by atoms with E-state index in [-0.39, 0.29) is 44.0 Å². The van der Waals surface area contributed by atoms with Crippen LogP contribution >= 0.6 is 46.6 Å². The van der Waals surface area contributed by atoms with E-state index in [9.17, 15) is 23.2 Å². The lowest BCUT2D eigenvalue weighted by Crippen LogP contribution is -2.50. The van der Waals surface area contributed by atoms with Crippen molar-refractivity contribution >= 4 is 64.2 Å². The maximum atomic E-state index is 14.5. The lowest BCUT2D eigenvalue weighted by molar-refractivity contribution is 0.0656. The molecule has 2 fully saturated rings. The van der Waals surface area contributed by atoms with Gasteiger partial charge in [0.25, 0.3) is 11.5 Å². The van der Waals surface area contributed by atoms with Crippen LogP contribution in [-0.4, -0.2) is 78.5 Å². The van der Waals surface area contributed by atoms with E-state index in [1.54, 1.807) is 23.1 Å². The maximum absolute atomic E-state index is 14.5. The second-order valence-corrected chi connectivity index (χ2v) is 14.4. The number of nitrogens with one attached hydrogen (secondary N) is 1. The maximum Gasteiger partial charge on any atom is 0.362 e. The fourth-order valence-corrected chi connectivity index (χ4v) is 7.91. The summed E-state index contributed by atoms with van der Waals surface area (Å²) in [6.07, 6.45) is 2.80. The van der Waals surface area contributed by atoms with Gasteiger partial charge in [-0.25, -0.2) is 4.79 Å². The Labute approximate surface area is 289 Å². The number of urea groups is 1. The number of halogens is 5. The van der Waals surface area contributed by atoms with Crippen LogP contribution in [0.25, 0.3) is 0 Å². The number of aromatic amines is 1. The summed E-state index contributed by atoms with van der Waals surface area (Å²) in [6.45, 7) is 1.72. The SMILES string of the molecule is COc1cc2c(cc1N1CCCN(C3CC3)C1=O)CN(C(=O)c1c(Sc3c(Cl)cccc3Cl)cc(C(F)(F)Cl)[nH]c1=O)C2CN(C)C. The van der Waals surface area contributed by atoms with E-state index in [4.69, 9.17) is 39.5 Å². The summed E-state index contributed by atoms with van der Waals surface area (Å²) in [5, 5.41) is -3.48. The zero-order valence-electron chi connectivity index (χ0n) is 25.8. The van der Waals surface area contributed by atoms with Gasteiger partial charge in [-0.05, 0) is 86.4 Å². The number of hydrogen-bond acceptors (Lipinski definition) is 6. The molecule has 1 saturated heterocycles. The molecule has 3 aromatic rings. The Morgan fingerprint density at radius 2 is 1.83 bits per heavy atom. The monoisotopic (exact) mass is 725 g/mol. The van der Waals surface area contributed by atoms with E-state index >= 15 is 0 Å². The third kappa shape index (κ3) is 6.67. The summed E-state index contributed by atoms with van der Waals surface area (Å²) >= 11 is 18.9. The molecular weight excluding hydrogens is 695 g/mol. The van der Waals surface area contributed by atoms with Crippen molar-refractivity contribution in [1.82, 2.24) is 19.7 Å². The molecule has 1 N–H and O–H groups in total. The van der Waals surface area contributed by atoms with Gasteiger partial charge < -0.3 is 24.4 Å². The summed E-state index contributed by atoms with van der Waals surface area (Å²) in [5.74, 6) is -0.192. The molecule has 0 spiro atoms. The van der Waals surface area contributed by atoms with Crippen molar-refractivity contribution in [2.75, 3.05) is 45.7 Å². The number of ether oxygens (including phenoxy) is 1. The van der Waals surface area contributed by atoms with Crippen LogP contribution < -0.4 is 15.2 Å². The van der Waals surface area contributed by atoms with Crippen LogP contribution in [0, 0.1) is 0 Å². The second-order valence-electron chi connectivity index (χ2n) is 12.0. The molecule has 3 amide bonds. The highest BCUT2D eigenvalue weighted by atomic mass is 35.5. The molecule has 1 atom stereocenters. The number of pyridine rings is 1. The van der Waals surface area contributed by atoms with E-state index in [0.29, 0.717) is 31.1 Å². The number of carbonyl (C=O) groups excluding carboxylic acids is 2. The molecule has 47 heavy (non-hydrogen) atoms. The van der Waals surface area contributed by atoms with E-state index in [0.717, 1.165) is 48.2 Å². The van der Waals surface area contributed by atoms with Crippen molar-refractivity contribution < 1.29 is 23.1 Å². The Morgan fingerprint density at radius 3 is 2.45 bits per heavy atom. The molecule has 2 aromatic carbocycles. The van der Waals surface area contributed by atoms with Gasteiger partial charge in [0.15, 0.2) is 0 Å². The number of fused-ring (bicyclic) bond motifs is 1. The normalized spacial score (nSPS) is 18.3. The number of carbonyl (C=O) groups is 2. The lowest BCUT2D eigenvalue weighted by atomic mass is 10.0. The van der Waals surface area contributed by atoms with Gasteiger partial charge in [0, 0.05) is 42.0 Å². The molecule has 0 bridgehead atoms. The predicted molar refractivity (Wildman–Crippen MR) is 179 cm³/mol. The number of methoxy groups -OCH3 is 1. The predicted octanol–water partition coefficient (Wildman–Crippen LogP) is 7.18. The van der Waals surface area contributed by atoms with Crippen LogP contribution in [0.2, 0.25) is 10.0 Å². The Hall–Kier alpha value is -3.03. The minimum absolute atomic E-state index is 0.0737. The van der Waals surface area contributed by atoms with Crippen LogP contribution in [0.1, 0.15) is 52.5 Å². The van der Waals surface area contributed by atoms with Crippen LogP contribution in [0.15, 0.2) is 51.0 Å².